The number of hydrogen-bond donors (Lipinski definition) is 0. The van der Waals surface area contributed by atoms with Crippen LogP contribution < -0.4 is 4.74 Å². The van der Waals surface area contributed by atoms with Crippen molar-refractivity contribution in [1.82, 2.24) is 0 Å². The predicted molar refractivity (Wildman–Crippen MR) is 87.6 cm³/mol. The molecule has 2 aromatic carbocycles. The van der Waals surface area contributed by atoms with E-state index in [1.54, 1.807) is 7.11 Å². The minimum Gasteiger partial charge on any atom is -0.497 e. The third-order valence-electron chi connectivity index (χ3n) is 3.23. The minimum atomic E-state index is 0.574. The molecule has 0 amide bonds. The van der Waals surface area contributed by atoms with Gasteiger partial charge < -0.3 is 4.74 Å². The van der Waals surface area contributed by atoms with E-state index in [9.17, 15) is 0 Å². The highest BCUT2D eigenvalue weighted by atomic mass is 16.5. The third-order valence-corrected chi connectivity index (χ3v) is 3.23. The van der Waals surface area contributed by atoms with Crippen molar-refractivity contribution >= 4 is 0 Å². The van der Waals surface area contributed by atoms with Gasteiger partial charge in [-0.25, -0.2) is 0 Å². The van der Waals surface area contributed by atoms with Gasteiger partial charge in [0.1, 0.15) is 5.75 Å². The van der Waals surface area contributed by atoms with Gasteiger partial charge in [-0.05, 0) is 35.1 Å². The van der Waals surface area contributed by atoms with Crippen LogP contribution in [0.5, 0.6) is 5.75 Å². The molecule has 0 bridgehead atoms. The molecular weight excluding hydrogens is 244 g/mol. The summed E-state index contributed by atoms with van der Waals surface area (Å²) in [4.78, 5) is 0. The minimum absolute atomic E-state index is 0.574. The lowest BCUT2D eigenvalue weighted by Gasteiger charge is -2.06. The molecule has 108 valence electrons. The van der Waals surface area contributed by atoms with Crippen molar-refractivity contribution in [3.05, 3.63) is 65.7 Å². The van der Waals surface area contributed by atoms with Crippen molar-refractivity contribution < 1.29 is 4.74 Å². The Kier molecular flexibility index (Phi) is 6.86. The van der Waals surface area contributed by atoms with E-state index in [-0.39, 0.29) is 0 Å². The number of hydrogen-bond acceptors (Lipinski definition) is 1. The average molecular weight is 270 g/mol. The summed E-state index contributed by atoms with van der Waals surface area (Å²) in [6, 6.07) is 18.7. The van der Waals surface area contributed by atoms with Crippen molar-refractivity contribution in [2.24, 2.45) is 0 Å². The van der Waals surface area contributed by atoms with E-state index in [0.29, 0.717) is 11.8 Å². The Morgan fingerprint density at radius 3 is 1.70 bits per heavy atom. The molecule has 0 aliphatic heterocycles. The summed E-state index contributed by atoms with van der Waals surface area (Å²) in [6.45, 7) is 8.76. The van der Waals surface area contributed by atoms with Crippen molar-refractivity contribution in [3.63, 3.8) is 0 Å². The first-order valence-electron chi connectivity index (χ1n) is 7.23. The van der Waals surface area contributed by atoms with Gasteiger partial charge in [-0.1, -0.05) is 70.2 Å². The number of methoxy groups -OCH3 is 1. The smallest absolute Gasteiger partial charge is 0.119 e. The molecule has 20 heavy (non-hydrogen) atoms. The van der Waals surface area contributed by atoms with Crippen molar-refractivity contribution in [2.75, 3.05) is 7.11 Å². The molecule has 2 aromatic rings. The van der Waals surface area contributed by atoms with Gasteiger partial charge in [0, 0.05) is 0 Å². The summed E-state index contributed by atoms with van der Waals surface area (Å²) >= 11 is 0. The fraction of sp³-hybridized carbons (Fsp3) is 0.368. The van der Waals surface area contributed by atoms with E-state index >= 15 is 0 Å². The molecule has 0 unspecified atom stereocenters. The standard InChI is InChI=1S/C10H14O.C9H12/c1-8(2)9-5-4-6-10(7-9)11-3;1-8(2)9-6-4-3-5-7-9/h4-8H,1-3H3;3-8H,1-2H3. The van der Waals surface area contributed by atoms with Crippen LogP contribution in [-0.2, 0) is 0 Å². The third kappa shape index (κ3) is 5.48. The fourth-order valence-corrected chi connectivity index (χ4v) is 1.84. The number of ether oxygens (including phenoxy) is 1. The lowest BCUT2D eigenvalue weighted by Crippen LogP contribution is -1.88. The van der Waals surface area contributed by atoms with Gasteiger partial charge in [0.2, 0.25) is 0 Å². The second kappa shape index (κ2) is 8.42. The van der Waals surface area contributed by atoms with Crippen LogP contribution in [0, 0.1) is 0 Å². The van der Waals surface area contributed by atoms with Gasteiger partial charge in [-0.2, -0.15) is 0 Å². The second-order valence-corrected chi connectivity index (χ2v) is 5.50. The van der Waals surface area contributed by atoms with Gasteiger partial charge in [0.15, 0.2) is 0 Å². The van der Waals surface area contributed by atoms with Crippen LogP contribution in [-0.4, -0.2) is 7.11 Å². The summed E-state index contributed by atoms with van der Waals surface area (Å²) in [5.74, 6) is 2.17. The molecule has 0 radical (unpaired) electrons. The summed E-state index contributed by atoms with van der Waals surface area (Å²) in [6.07, 6.45) is 0. The second-order valence-electron chi connectivity index (χ2n) is 5.50. The van der Waals surface area contributed by atoms with Crippen LogP contribution in [0.1, 0.15) is 50.7 Å². The van der Waals surface area contributed by atoms with Crippen LogP contribution in [0.3, 0.4) is 0 Å². The number of benzene rings is 2. The highest BCUT2D eigenvalue weighted by molar-refractivity contribution is 5.30. The first-order valence-corrected chi connectivity index (χ1v) is 7.23. The van der Waals surface area contributed by atoms with Crippen molar-refractivity contribution in [1.29, 1.82) is 0 Å². The van der Waals surface area contributed by atoms with Gasteiger partial charge in [-0.3, -0.25) is 0 Å². The molecule has 1 heteroatoms. The normalized spacial score (nSPS) is 10.2. The maximum absolute atomic E-state index is 5.11. The van der Waals surface area contributed by atoms with Gasteiger partial charge in [-0.15, -0.1) is 0 Å². The average Bonchev–Trinajstić information content (AvgIpc) is 2.49. The first kappa shape index (κ1) is 16.3. The summed E-state index contributed by atoms with van der Waals surface area (Å²) in [5.41, 5.74) is 2.74. The molecule has 0 aromatic heterocycles. The van der Waals surface area contributed by atoms with Crippen molar-refractivity contribution in [2.45, 2.75) is 39.5 Å². The molecule has 1 nitrogen and oxygen atoms in total. The molecule has 0 saturated heterocycles. The Labute approximate surface area is 123 Å². The van der Waals surface area contributed by atoms with Gasteiger partial charge in [0.05, 0.1) is 7.11 Å². The fourth-order valence-electron chi connectivity index (χ4n) is 1.84. The van der Waals surface area contributed by atoms with E-state index in [4.69, 9.17) is 4.74 Å². The Bertz CT molecular complexity index is 486. The zero-order valence-corrected chi connectivity index (χ0v) is 13.3. The summed E-state index contributed by atoms with van der Waals surface area (Å²) in [7, 11) is 1.69. The van der Waals surface area contributed by atoms with Gasteiger partial charge >= 0.3 is 0 Å². The lowest BCUT2D eigenvalue weighted by molar-refractivity contribution is 0.414. The SMILES string of the molecule is CC(C)c1ccccc1.COc1cccc(C(C)C)c1. The van der Waals surface area contributed by atoms with E-state index < -0.39 is 0 Å². The molecule has 2 rings (SSSR count). The Morgan fingerprint density at radius 1 is 0.700 bits per heavy atom. The molecule has 0 atom stereocenters. The van der Waals surface area contributed by atoms with E-state index in [2.05, 4.69) is 64.1 Å². The van der Waals surface area contributed by atoms with E-state index in [1.165, 1.54) is 11.1 Å². The quantitative estimate of drug-likeness (QED) is 0.702. The van der Waals surface area contributed by atoms with Crippen molar-refractivity contribution in [3.8, 4) is 5.75 Å². The lowest BCUT2D eigenvalue weighted by atomic mass is 10.0. The highest BCUT2D eigenvalue weighted by Crippen LogP contribution is 2.19. The predicted octanol–water partition coefficient (Wildman–Crippen LogP) is 5.63. The Morgan fingerprint density at radius 2 is 1.25 bits per heavy atom. The zero-order valence-electron chi connectivity index (χ0n) is 13.3. The van der Waals surface area contributed by atoms with E-state index in [1.807, 2.05) is 18.2 Å². The van der Waals surface area contributed by atoms with Crippen LogP contribution in [0.4, 0.5) is 0 Å². The monoisotopic (exact) mass is 270 g/mol. The molecule has 0 heterocycles. The molecular formula is C19H26O. The maximum Gasteiger partial charge on any atom is 0.119 e. The van der Waals surface area contributed by atoms with Gasteiger partial charge in [0.25, 0.3) is 0 Å². The first-order chi connectivity index (χ1) is 9.54. The molecule has 0 fully saturated rings. The highest BCUT2D eigenvalue weighted by Gasteiger charge is 1.98. The Balaban J connectivity index is 0.000000204. The number of rotatable bonds is 3. The van der Waals surface area contributed by atoms with Crippen LogP contribution in [0.2, 0.25) is 0 Å². The summed E-state index contributed by atoms with van der Waals surface area (Å²) in [5, 5.41) is 0. The molecule has 0 aliphatic carbocycles. The van der Waals surface area contributed by atoms with Crippen LogP contribution in [0.25, 0.3) is 0 Å². The van der Waals surface area contributed by atoms with Crippen LogP contribution in [0.15, 0.2) is 54.6 Å². The molecule has 0 saturated carbocycles. The largest absolute Gasteiger partial charge is 0.497 e. The molecule has 0 spiro atoms. The zero-order chi connectivity index (χ0) is 15.0. The topological polar surface area (TPSA) is 9.23 Å². The Hall–Kier alpha value is -1.76. The molecule has 0 aliphatic rings. The molecule has 0 N–H and O–H groups in total. The van der Waals surface area contributed by atoms with Crippen LogP contribution >= 0.6 is 0 Å². The maximum atomic E-state index is 5.11. The van der Waals surface area contributed by atoms with E-state index in [0.717, 1.165) is 5.75 Å². The summed E-state index contributed by atoms with van der Waals surface area (Å²) < 4.78 is 5.11.